The molecule has 1 aromatic carbocycles. The van der Waals surface area contributed by atoms with Crippen molar-refractivity contribution in [3.8, 4) is 11.8 Å². The third kappa shape index (κ3) is 2.76. The normalized spacial score (nSPS) is 11.0. The quantitative estimate of drug-likeness (QED) is 0.775. The molecule has 0 aliphatic carbocycles. The highest BCUT2D eigenvalue weighted by atomic mass is 16.5. The third-order valence-corrected chi connectivity index (χ3v) is 2.75. The molecule has 0 spiro atoms. The van der Waals surface area contributed by atoms with E-state index >= 15 is 0 Å². The van der Waals surface area contributed by atoms with Gasteiger partial charge in [-0.2, -0.15) is 5.26 Å². The minimum absolute atomic E-state index is 0.425. The van der Waals surface area contributed by atoms with Crippen LogP contribution in [0.15, 0.2) is 12.1 Å². The fraction of sp³-hybridized carbons (Fsp3) is 0.500. The van der Waals surface area contributed by atoms with Gasteiger partial charge in [0.15, 0.2) is 0 Å². The van der Waals surface area contributed by atoms with Gasteiger partial charge in [-0.3, -0.25) is 0 Å². The molecule has 0 fully saturated rings. The standard InChI is InChI=1S/C14H19NO/c1-10-6-7-11(2)13(12(10)3)16-9-14(4,5)8-15/h6-7H,9H2,1-5H3. The number of nitrogens with zero attached hydrogens (tertiary/aromatic N) is 1. The molecule has 0 bridgehead atoms. The Kier molecular flexibility index (Phi) is 3.59. The van der Waals surface area contributed by atoms with E-state index in [9.17, 15) is 0 Å². The van der Waals surface area contributed by atoms with Crippen molar-refractivity contribution in [2.75, 3.05) is 6.61 Å². The second-order valence-electron chi connectivity index (χ2n) is 4.94. The Morgan fingerprint density at radius 2 is 1.75 bits per heavy atom. The van der Waals surface area contributed by atoms with Crippen LogP contribution in [-0.2, 0) is 0 Å². The van der Waals surface area contributed by atoms with Gasteiger partial charge in [-0.1, -0.05) is 12.1 Å². The van der Waals surface area contributed by atoms with Crippen LogP contribution >= 0.6 is 0 Å². The number of nitriles is 1. The molecule has 0 saturated heterocycles. The van der Waals surface area contributed by atoms with Gasteiger partial charge in [0.25, 0.3) is 0 Å². The molecule has 0 heterocycles. The van der Waals surface area contributed by atoms with Crippen molar-refractivity contribution in [1.82, 2.24) is 0 Å². The molecule has 0 aliphatic rings. The van der Waals surface area contributed by atoms with E-state index in [-0.39, 0.29) is 0 Å². The van der Waals surface area contributed by atoms with Crippen LogP contribution in [0.3, 0.4) is 0 Å². The number of aryl methyl sites for hydroxylation is 2. The summed E-state index contributed by atoms with van der Waals surface area (Å²) in [5.74, 6) is 0.920. The Bertz CT molecular complexity index is 427. The van der Waals surface area contributed by atoms with Crippen molar-refractivity contribution in [2.45, 2.75) is 34.6 Å². The van der Waals surface area contributed by atoms with Gasteiger partial charge in [0.05, 0.1) is 11.5 Å². The minimum atomic E-state index is -0.442. The second-order valence-corrected chi connectivity index (χ2v) is 4.94. The monoisotopic (exact) mass is 217 g/mol. The summed E-state index contributed by atoms with van der Waals surface area (Å²) in [4.78, 5) is 0. The predicted molar refractivity (Wildman–Crippen MR) is 65.5 cm³/mol. The van der Waals surface area contributed by atoms with E-state index in [1.165, 1.54) is 5.56 Å². The Balaban J connectivity index is 2.91. The fourth-order valence-corrected chi connectivity index (χ4v) is 1.43. The zero-order chi connectivity index (χ0) is 12.3. The molecule has 0 amide bonds. The predicted octanol–water partition coefficient (Wildman–Crippen LogP) is 3.54. The molecule has 0 aromatic heterocycles. The first kappa shape index (κ1) is 12.6. The van der Waals surface area contributed by atoms with Gasteiger partial charge in [0, 0.05) is 0 Å². The number of ether oxygens (including phenoxy) is 1. The van der Waals surface area contributed by atoms with Crippen molar-refractivity contribution in [1.29, 1.82) is 5.26 Å². The lowest BCUT2D eigenvalue weighted by atomic mass is 9.97. The van der Waals surface area contributed by atoms with E-state index in [1.807, 2.05) is 20.8 Å². The maximum absolute atomic E-state index is 8.94. The van der Waals surface area contributed by atoms with Crippen LogP contribution < -0.4 is 4.74 Å². The molecule has 2 nitrogen and oxygen atoms in total. The molecule has 0 unspecified atom stereocenters. The van der Waals surface area contributed by atoms with Crippen molar-refractivity contribution >= 4 is 0 Å². The molecule has 2 heteroatoms. The van der Waals surface area contributed by atoms with Gasteiger partial charge < -0.3 is 4.74 Å². The summed E-state index contributed by atoms with van der Waals surface area (Å²) >= 11 is 0. The van der Waals surface area contributed by atoms with E-state index in [1.54, 1.807) is 0 Å². The molecule has 0 aliphatic heterocycles. The molecule has 0 saturated carbocycles. The highest BCUT2D eigenvalue weighted by molar-refractivity contribution is 5.44. The van der Waals surface area contributed by atoms with Crippen molar-refractivity contribution in [3.63, 3.8) is 0 Å². The number of benzene rings is 1. The van der Waals surface area contributed by atoms with Crippen molar-refractivity contribution < 1.29 is 4.74 Å². The van der Waals surface area contributed by atoms with Gasteiger partial charge in [-0.25, -0.2) is 0 Å². The summed E-state index contributed by atoms with van der Waals surface area (Å²) in [6, 6.07) is 6.38. The molecular weight excluding hydrogens is 198 g/mol. The van der Waals surface area contributed by atoms with E-state index in [4.69, 9.17) is 10.00 Å². The van der Waals surface area contributed by atoms with Crippen LogP contribution in [-0.4, -0.2) is 6.61 Å². The van der Waals surface area contributed by atoms with Crippen LogP contribution in [0, 0.1) is 37.5 Å². The Hall–Kier alpha value is -1.49. The SMILES string of the molecule is Cc1ccc(C)c(OCC(C)(C)C#N)c1C. The Morgan fingerprint density at radius 3 is 2.31 bits per heavy atom. The average molecular weight is 217 g/mol. The van der Waals surface area contributed by atoms with Crippen molar-refractivity contribution in [3.05, 3.63) is 28.8 Å². The molecular formula is C14H19NO. The van der Waals surface area contributed by atoms with E-state index < -0.39 is 5.41 Å². The van der Waals surface area contributed by atoms with Gasteiger partial charge >= 0.3 is 0 Å². The zero-order valence-corrected chi connectivity index (χ0v) is 10.7. The molecule has 0 radical (unpaired) electrons. The van der Waals surface area contributed by atoms with Gasteiger partial charge in [0.2, 0.25) is 0 Å². The second kappa shape index (κ2) is 4.57. The lowest BCUT2D eigenvalue weighted by molar-refractivity contribution is 0.224. The van der Waals surface area contributed by atoms with Crippen LogP contribution in [0.2, 0.25) is 0 Å². The average Bonchev–Trinajstić information content (AvgIpc) is 2.24. The first-order valence-corrected chi connectivity index (χ1v) is 5.48. The number of rotatable bonds is 3. The molecule has 1 rings (SSSR count). The molecule has 1 aromatic rings. The molecule has 0 N–H and O–H groups in total. The Labute approximate surface area is 97.9 Å². The van der Waals surface area contributed by atoms with E-state index in [2.05, 4.69) is 32.0 Å². The van der Waals surface area contributed by atoms with Crippen LogP contribution in [0.1, 0.15) is 30.5 Å². The molecule has 16 heavy (non-hydrogen) atoms. The van der Waals surface area contributed by atoms with Crippen LogP contribution in [0.5, 0.6) is 5.75 Å². The van der Waals surface area contributed by atoms with Gasteiger partial charge in [-0.15, -0.1) is 0 Å². The van der Waals surface area contributed by atoms with Crippen LogP contribution in [0.4, 0.5) is 0 Å². The largest absolute Gasteiger partial charge is 0.491 e. The zero-order valence-electron chi connectivity index (χ0n) is 10.7. The summed E-state index contributed by atoms with van der Waals surface area (Å²) in [6.07, 6.45) is 0. The topological polar surface area (TPSA) is 33.0 Å². The van der Waals surface area contributed by atoms with E-state index in [0.717, 1.165) is 16.9 Å². The first-order valence-electron chi connectivity index (χ1n) is 5.48. The summed E-state index contributed by atoms with van der Waals surface area (Å²) in [5.41, 5.74) is 3.06. The first-order chi connectivity index (χ1) is 7.37. The highest BCUT2D eigenvalue weighted by Crippen LogP contribution is 2.27. The van der Waals surface area contributed by atoms with Crippen LogP contribution in [0.25, 0.3) is 0 Å². The van der Waals surface area contributed by atoms with E-state index in [0.29, 0.717) is 6.61 Å². The van der Waals surface area contributed by atoms with Gasteiger partial charge in [-0.05, 0) is 51.3 Å². The minimum Gasteiger partial charge on any atom is -0.491 e. The lowest BCUT2D eigenvalue weighted by Crippen LogP contribution is -2.19. The summed E-state index contributed by atoms with van der Waals surface area (Å²) in [5, 5.41) is 8.94. The summed E-state index contributed by atoms with van der Waals surface area (Å²) < 4.78 is 5.78. The van der Waals surface area contributed by atoms with Gasteiger partial charge in [0.1, 0.15) is 12.4 Å². The third-order valence-electron chi connectivity index (χ3n) is 2.75. The summed E-state index contributed by atoms with van der Waals surface area (Å²) in [7, 11) is 0. The maximum atomic E-state index is 8.94. The highest BCUT2D eigenvalue weighted by Gasteiger charge is 2.18. The molecule has 86 valence electrons. The lowest BCUT2D eigenvalue weighted by Gasteiger charge is -2.19. The molecule has 0 atom stereocenters. The smallest absolute Gasteiger partial charge is 0.125 e. The Morgan fingerprint density at radius 1 is 1.19 bits per heavy atom. The maximum Gasteiger partial charge on any atom is 0.125 e. The number of hydrogen-bond acceptors (Lipinski definition) is 2. The summed E-state index contributed by atoms with van der Waals surface area (Å²) in [6.45, 7) is 10.3. The fourth-order valence-electron chi connectivity index (χ4n) is 1.43. The number of hydrogen-bond donors (Lipinski definition) is 0. The van der Waals surface area contributed by atoms with Crippen molar-refractivity contribution in [2.24, 2.45) is 5.41 Å².